The minimum absolute atomic E-state index is 0.151. The standard InChI is InChI=1S/C22H25FN2O3/c1-15(2)11-12-25-20-9-6-18(13-16(20)3-10-22(25)27)24-21(26)14-28-19-7-4-17(23)5-8-19/h4-9,13,15H,3,10-12,14H2,1-2H3,(H,24,26). The van der Waals surface area contributed by atoms with E-state index in [1.165, 1.54) is 24.3 Å². The molecule has 0 aliphatic carbocycles. The van der Waals surface area contributed by atoms with Crippen molar-refractivity contribution in [2.45, 2.75) is 33.1 Å². The Labute approximate surface area is 164 Å². The van der Waals surface area contributed by atoms with Crippen LogP contribution in [0.4, 0.5) is 15.8 Å². The molecule has 3 rings (SSSR count). The topological polar surface area (TPSA) is 58.6 Å². The van der Waals surface area contributed by atoms with Gasteiger partial charge < -0.3 is 15.0 Å². The van der Waals surface area contributed by atoms with Gasteiger partial charge in [0.1, 0.15) is 11.6 Å². The molecular weight excluding hydrogens is 359 g/mol. The third-order valence-electron chi connectivity index (χ3n) is 4.68. The molecule has 2 aromatic carbocycles. The number of ether oxygens (including phenoxy) is 1. The van der Waals surface area contributed by atoms with Crippen molar-refractivity contribution in [1.82, 2.24) is 0 Å². The highest BCUT2D eigenvalue weighted by atomic mass is 19.1. The second-order valence-corrected chi connectivity index (χ2v) is 7.36. The summed E-state index contributed by atoms with van der Waals surface area (Å²) in [4.78, 5) is 26.3. The van der Waals surface area contributed by atoms with Crippen molar-refractivity contribution in [2.75, 3.05) is 23.4 Å². The van der Waals surface area contributed by atoms with Crippen LogP contribution in [-0.4, -0.2) is 25.0 Å². The summed E-state index contributed by atoms with van der Waals surface area (Å²) in [6.45, 7) is 4.83. The first-order valence-corrected chi connectivity index (χ1v) is 9.54. The van der Waals surface area contributed by atoms with E-state index in [0.717, 1.165) is 17.7 Å². The monoisotopic (exact) mass is 384 g/mol. The van der Waals surface area contributed by atoms with Crippen molar-refractivity contribution < 1.29 is 18.7 Å². The molecule has 0 saturated carbocycles. The number of hydrogen-bond acceptors (Lipinski definition) is 3. The summed E-state index contributed by atoms with van der Waals surface area (Å²) in [5.74, 6) is 0.455. The Bertz CT molecular complexity index is 849. The first-order chi connectivity index (χ1) is 13.4. The Morgan fingerprint density at radius 1 is 1.18 bits per heavy atom. The average Bonchev–Trinajstić information content (AvgIpc) is 2.66. The number of aryl methyl sites for hydroxylation is 1. The van der Waals surface area contributed by atoms with E-state index < -0.39 is 0 Å². The van der Waals surface area contributed by atoms with Crippen LogP contribution in [0.25, 0.3) is 0 Å². The van der Waals surface area contributed by atoms with Crippen LogP contribution >= 0.6 is 0 Å². The number of carbonyl (C=O) groups is 2. The summed E-state index contributed by atoms with van der Waals surface area (Å²) in [6, 6.07) is 11.1. The van der Waals surface area contributed by atoms with E-state index in [1.807, 2.05) is 17.0 Å². The minimum atomic E-state index is -0.355. The Morgan fingerprint density at radius 3 is 2.64 bits per heavy atom. The van der Waals surface area contributed by atoms with E-state index in [0.29, 0.717) is 36.7 Å². The van der Waals surface area contributed by atoms with E-state index in [-0.39, 0.29) is 24.2 Å². The largest absolute Gasteiger partial charge is 0.484 e. The molecule has 0 fully saturated rings. The Balaban J connectivity index is 1.62. The van der Waals surface area contributed by atoms with Gasteiger partial charge in [0.25, 0.3) is 5.91 Å². The van der Waals surface area contributed by atoms with E-state index >= 15 is 0 Å². The van der Waals surface area contributed by atoms with Crippen LogP contribution in [0, 0.1) is 11.7 Å². The van der Waals surface area contributed by atoms with Gasteiger partial charge in [0.15, 0.2) is 6.61 Å². The molecule has 1 N–H and O–H groups in total. The maximum Gasteiger partial charge on any atom is 0.262 e. The lowest BCUT2D eigenvalue weighted by atomic mass is 9.99. The maximum absolute atomic E-state index is 12.9. The smallest absolute Gasteiger partial charge is 0.262 e. The molecule has 2 aromatic rings. The fraction of sp³-hybridized carbons (Fsp3) is 0.364. The van der Waals surface area contributed by atoms with Crippen molar-refractivity contribution in [1.29, 1.82) is 0 Å². The van der Waals surface area contributed by atoms with Gasteiger partial charge in [0.2, 0.25) is 5.91 Å². The van der Waals surface area contributed by atoms with Crippen molar-refractivity contribution in [3.63, 3.8) is 0 Å². The highest BCUT2D eigenvalue weighted by Crippen LogP contribution is 2.30. The molecular formula is C22H25FN2O3. The number of rotatable bonds is 7. The second-order valence-electron chi connectivity index (χ2n) is 7.36. The number of anilines is 2. The van der Waals surface area contributed by atoms with Crippen LogP contribution in [0.5, 0.6) is 5.75 Å². The van der Waals surface area contributed by atoms with E-state index in [9.17, 15) is 14.0 Å². The van der Waals surface area contributed by atoms with Crippen LogP contribution < -0.4 is 15.0 Å². The molecule has 6 heteroatoms. The van der Waals surface area contributed by atoms with Gasteiger partial charge in [-0.25, -0.2) is 4.39 Å². The first-order valence-electron chi connectivity index (χ1n) is 9.54. The van der Waals surface area contributed by atoms with Crippen LogP contribution in [0.3, 0.4) is 0 Å². The van der Waals surface area contributed by atoms with Gasteiger partial charge in [-0.05, 0) is 66.8 Å². The molecule has 0 atom stereocenters. The van der Waals surface area contributed by atoms with Crippen LogP contribution in [-0.2, 0) is 16.0 Å². The lowest BCUT2D eigenvalue weighted by molar-refractivity contribution is -0.119. The average molecular weight is 384 g/mol. The molecule has 0 saturated heterocycles. The number of benzene rings is 2. The molecule has 0 aromatic heterocycles. The zero-order valence-corrected chi connectivity index (χ0v) is 16.2. The van der Waals surface area contributed by atoms with Gasteiger partial charge in [-0.15, -0.1) is 0 Å². The number of carbonyl (C=O) groups excluding carboxylic acids is 2. The molecule has 28 heavy (non-hydrogen) atoms. The molecule has 2 amide bonds. The van der Waals surface area contributed by atoms with Gasteiger partial charge in [-0.3, -0.25) is 9.59 Å². The predicted octanol–water partition coefficient (Wildman–Crippen LogP) is 4.17. The molecule has 148 valence electrons. The molecule has 0 radical (unpaired) electrons. The quantitative estimate of drug-likeness (QED) is 0.780. The normalized spacial score (nSPS) is 13.4. The summed E-state index contributed by atoms with van der Waals surface area (Å²) < 4.78 is 18.3. The van der Waals surface area contributed by atoms with Crippen LogP contribution in [0.15, 0.2) is 42.5 Å². The van der Waals surface area contributed by atoms with Gasteiger partial charge in [0, 0.05) is 24.3 Å². The fourth-order valence-corrected chi connectivity index (χ4v) is 3.15. The third-order valence-corrected chi connectivity index (χ3v) is 4.68. The lowest BCUT2D eigenvalue weighted by Gasteiger charge is -2.30. The summed E-state index contributed by atoms with van der Waals surface area (Å²) in [5, 5.41) is 2.81. The summed E-state index contributed by atoms with van der Waals surface area (Å²) >= 11 is 0. The molecule has 5 nitrogen and oxygen atoms in total. The van der Waals surface area contributed by atoms with Crippen LogP contribution in [0.1, 0.15) is 32.3 Å². The van der Waals surface area contributed by atoms with Crippen molar-refractivity contribution in [3.05, 3.63) is 53.8 Å². The number of amides is 2. The highest BCUT2D eigenvalue weighted by Gasteiger charge is 2.24. The van der Waals surface area contributed by atoms with Gasteiger partial charge in [-0.1, -0.05) is 13.8 Å². The molecule has 1 heterocycles. The van der Waals surface area contributed by atoms with Crippen molar-refractivity contribution >= 4 is 23.2 Å². The molecule has 0 unspecified atom stereocenters. The minimum Gasteiger partial charge on any atom is -0.484 e. The number of hydrogen-bond donors (Lipinski definition) is 1. The van der Waals surface area contributed by atoms with E-state index in [4.69, 9.17) is 4.74 Å². The SMILES string of the molecule is CC(C)CCN1C(=O)CCc2cc(NC(=O)COc3ccc(F)cc3)ccc21. The van der Waals surface area contributed by atoms with Crippen LogP contribution in [0.2, 0.25) is 0 Å². The summed E-state index contributed by atoms with van der Waals surface area (Å²) in [6.07, 6.45) is 2.10. The maximum atomic E-state index is 12.9. The zero-order valence-electron chi connectivity index (χ0n) is 16.2. The molecule has 1 aliphatic rings. The highest BCUT2D eigenvalue weighted by molar-refractivity contribution is 5.97. The van der Waals surface area contributed by atoms with E-state index in [2.05, 4.69) is 19.2 Å². The zero-order chi connectivity index (χ0) is 20.1. The van der Waals surface area contributed by atoms with E-state index in [1.54, 1.807) is 6.07 Å². The lowest BCUT2D eigenvalue weighted by Crippen LogP contribution is -2.36. The fourth-order valence-electron chi connectivity index (χ4n) is 3.15. The Kier molecular flexibility index (Phi) is 6.29. The number of fused-ring (bicyclic) bond motifs is 1. The predicted molar refractivity (Wildman–Crippen MR) is 107 cm³/mol. The number of halogens is 1. The first kappa shape index (κ1) is 19.9. The Morgan fingerprint density at radius 2 is 1.93 bits per heavy atom. The number of nitrogens with one attached hydrogen (secondary N) is 1. The number of nitrogens with zero attached hydrogens (tertiary/aromatic N) is 1. The summed E-state index contributed by atoms with van der Waals surface area (Å²) in [7, 11) is 0. The molecule has 1 aliphatic heterocycles. The van der Waals surface area contributed by atoms with Crippen molar-refractivity contribution in [3.8, 4) is 5.75 Å². The van der Waals surface area contributed by atoms with Gasteiger partial charge in [-0.2, -0.15) is 0 Å². The summed E-state index contributed by atoms with van der Waals surface area (Å²) in [5.41, 5.74) is 2.66. The second kappa shape index (κ2) is 8.87. The van der Waals surface area contributed by atoms with Gasteiger partial charge >= 0.3 is 0 Å². The third kappa shape index (κ3) is 5.09. The molecule has 0 spiro atoms. The molecule has 0 bridgehead atoms. The Hall–Kier alpha value is -2.89. The van der Waals surface area contributed by atoms with Gasteiger partial charge in [0.05, 0.1) is 0 Å². The van der Waals surface area contributed by atoms with Crippen molar-refractivity contribution in [2.24, 2.45) is 5.92 Å².